The molecule has 0 radical (unpaired) electrons. The zero-order valence-corrected chi connectivity index (χ0v) is 11.9. The first kappa shape index (κ1) is 12.5. The number of fused-ring (bicyclic) bond motifs is 1. The summed E-state index contributed by atoms with van der Waals surface area (Å²) in [6.07, 6.45) is 4.00. The number of hydrogen-bond donors (Lipinski definition) is 2. The van der Waals surface area contributed by atoms with E-state index in [1.54, 1.807) is 6.07 Å². The molecular weight excluding hydrogens is 288 g/mol. The first-order valence-electron chi connectivity index (χ1n) is 6.84. The molecule has 1 aliphatic rings. The number of nitrogens with one attached hydrogen (secondary N) is 2. The van der Waals surface area contributed by atoms with E-state index < -0.39 is 0 Å². The maximum Gasteiger partial charge on any atom is 0.273 e. The van der Waals surface area contributed by atoms with E-state index in [0.717, 1.165) is 23.7 Å². The van der Waals surface area contributed by atoms with Crippen LogP contribution in [0.1, 0.15) is 29.4 Å². The standard InChI is InChI=1S/C15H13ClN4O/c16-9-7-13(20(8-9)10-5-6-10)15(21)17-14-11-3-1-2-4-12(11)18-19-14/h1-4,7-8,10H,5-6H2,(H2,17,18,19,21). The number of H-pyrrole nitrogens is 1. The van der Waals surface area contributed by atoms with Crippen molar-refractivity contribution in [3.63, 3.8) is 0 Å². The highest BCUT2D eigenvalue weighted by atomic mass is 35.5. The van der Waals surface area contributed by atoms with Crippen molar-refractivity contribution in [2.24, 2.45) is 0 Å². The summed E-state index contributed by atoms with van der Waals surface area (Å²) in [5.41, 5.74) is 1.47. The number of para-hydroxylation sites is 1. The van der Waals surface area contributed by atoms with Crippen LogP contribution in [0.2, 0.25) is 5.02 Å². The maximum atomic E-state index is 12.5. The summed E-state index contributed by atoms with van der Waals surface area (Å²) in [5, 5.41) is 11.4. The average Bonchev–Trinajstić information content (AvgIpc) is 3.15. The number of hydrogen-bond acceptors (Lipinski definition) is 2. The molecule has 2 aromatic heterocycles. The number of benzene rings is 1. The number of amides is 1. The molecule has 21 heavy (non-hydrogen) atoms. The van der Waals surface area contributed by atoms with E-state index in [1.807, 2.05) is 35.0 Å². The Morgan fingerprint density at radius 1 is 1.38 bits per heavy atom. The average molecular weight is 301 g/mol. The second kappa shape index (κ2) is 4.63. The van der Waals surface area contributed by atoms with Crippen molar-refractivity contribution in [3.05, 3.63) is 47.2 Å². The second-order valence-electron chi connectivity index (χ2n) is 5.25. The molecule has 4 rings (SSSR count). The summed E-state index contributed by atoms with van der Waals surface area (Å²) in [6, 6.07) is 9.77. The summed E-state index contributed by atoms with van der Waals surface area (Å²) in [4.78, 5) is 12.5. The molecule has 0 saturated heterocycles. The molecule has 1 aliphatic carbocycles. The third kappa shape index (κ3) is 2.19. The Bertz CT molecular complexity index is 831. The van der Waals surface area contributed by atoms with Gasteiger partial charge >= 0.3 is 0 Å². The molecule has 0 unspecified atom stereocenters. The lowest BCUT2D eigenvalue weighted by Gasteiger charge is -2.07. The van der Waals surface area contributed by atoms with Gasteiger partial charge in [0.25, 0.3) is 5.91 Å². The quantitative estimate of drug-likeness (QED) is 0.776. The smallest absolute Gasteiger partial charge is 0.273 e. The molecule has 2 N–H and O–H groups in total. The van der Waals surface area contributed by atoms with Crippen LogP contribution in [0.3, 0.4) is 0 Å². The van der Waals surface area contributed by atoms with Gasteiger partial charge in [-0.15, -0.1) is 0 Å². The molecule has 106 valence electrons. The van der Waals surface area contributed by atoms with E-state index in [2.05, 4.69) is 15.5 Å². The van der Waals surface area contributed by atoms with E-state index in [0.29, 0.717) is 22.6 Å². The van der Waals surface area contributed by atoms with Crippen LogP contribution in [0, 0.1) is 0 Å². The maximum absolute atomic E-state index is 12.5. The Kier molecular flexibility index (Phi) is 2.75. The molecule has 1 amide bonds. The summed E-state index contributed by atoms with van der Waals surface area (Å²) in [7, 11) is 0. The molecule has 0 bridgehead atoms. The predicted molar refractivity (Wildman–Crippen MR) is 81.8 cm³/mol. The third-order valence-electron chi connectivity index (χ3n) is 3.69. The minimum absolute atomic E-state index is 0.189. The molecule has 6 heteroatoms. The Labute approximate surface area is 125 Å². The van der Waals surface area contributed by atoms with Crippen molar-refractivity contribution in [1.29, 1.82) is 0 Å². The van der Waals surface area contributed by atoms with Crippen LogP contribution in [0.4, 0.5) is 5.82 Å². The van der Waals surface area contributed by atoms with Gasteiger partial charge < -0.3 is 9.88 Å². The van der Waals surface area contributed by atoms with Crippen LogP contribution in [0.15, 0.2) is 36.5 Å². The van der Waals surface area contributed by atoms with E-state index >= 15 is 0 Å². The molecule has 1 aromatic carbocycles. The third-order valence-corrected chi connectivity index (χ3v) is 3.90. The molecule has 0 spiro atoms. The lowest BCUT2D eigenvalue weighted by Crippen LogP contribution is -2.16. The van der Waals surface area contributed by atoms with Gasteiger partial charge in [0.15, 0.2) is 5.82 Å². The Morgan fingerprint density at radius 3 is 3.00 bits per heavy atom. The van der Waals surface area contributed by atoms with Gasteiger partial charge in [0, 0.05) is 17.6 Å². The summed E-state index contributed by atoms with van der Waals surface area (Å²) in [5.74, 6) is 0.348. The Morgan fingerprint density at radius 2 is 2.19 bits per heavy atom. The molecule has 3 aromatic rings. The van der Waals surface area contributed by atoms with Crippen LogP contribution in [-0.4, -0.2) is 20.7 Å². The number of anilines is 1. The number of aromatic nitrogens is 3. The van der Waals surface area contributed by atoms with Crippen LogP contribution >= 0.6 is 11.6 Å². The van der Waals surface area contributed by atoms with Crippen molar-refractivity contribution in [3.8, 4) is 0 Å². The molecule has 2 heterocycles. The Balaban J connectivity index is 1.66. The summed E-state index contributed by atoms with van der Waals surface area (Å²) >= 11 is 6.04. The Hall–Kier alpha value is -2.27. The number of aromatic amines is 1. The minimum Gasteiger partial charge on any atom is -0.339 e. The number of carbonyl (C=O) groups excluding carboxylic acids is 1. The van der Waals surface area contributed by atoms with E-state index in [-0.39, 0.29) is 5.91 Å². The number of halogens is 1. The second-order valence-corrected chi connectivity index (χ2v) is 5.69. The topological polar surface area (TPSA) is 62.7 Å². The largest absolute Gasteiger partial charge is 0.339 e. The number of nitrogens with zero attached hydrogens (tertiary/aromatic N) is 2. The predicted octanol–water partition coefficient (Wildman–Crippen LogP) is 3.61. The molecule has 5 nitrogen and oxygen atoms in total. The highest BCUT2D eigenvalue weighted by Crippen LogP contribution is 2.37. The zero-order valence-electron chi connectivity index (χ0n) is 11.1. The lowest BCUT2D eigenvalue weighted by molar-refractivity contribution is 0.101. The van der Waals surface area contributed by atoms with Crippen molar-refractivity contribution in [1.82, 2.24) is 14.8 Å². The van der Waals surface area contributed by atoms with Gasteiger partial charge in [0.1, 0.15) is 5.69 Å². The SMILES string of the molecule is O=C(Nc1n[nH]c2ccccc12)c1cc(Cl)cn1C1CC1. The van der Waals surface area contributed by atoms with Gasteiger partial charge in [-0.2, -0.15) is 5.10 Å². The van der Waals surface area contributed by atoms with E-state index in [4.69, 9.17) is 11.6 Å². The van der Waals surface area contributed by atoms with Crippen molar-refractivity contribution < 1.29 is 4.79 Å². The van der Waals surface area contributed by atoms with Gasteiger partial charge in [-0.3, -0.25) is 9.89 Å². The highest BCUT2D eigenvalue weighted by molar-refractivity contribution is 6.31. The molecule has 0 atom stereocenters. The van der Waals surface area contributed by atoms with Gasteiger partial charge in [0.05, 0.1) is 10.5 Å². The van der Waals surface area contributed by atoms with Gasteiger partial charge in [-0.25, -0.2) is 0 Å². The molecule has 1 fully saturated rings. The van der Waals surface area contributed by atoms with Gasteiger partial charge in [0.2, 0.25) is 0 Å². The first-order valence-corrected chi connectivity index (χ1v) is 7.22. The van der Waals surface area contributed by atoms with Gasteiger partial charge in [-0.05, 0) is 31.0 Å². The van der Waals surface area contributed by atoms with Crippen LogP contribution in [0.25, 0.3) is 10.9 Å². The van der Waals surface area contributed by atoms with Crippen molar-refractivity contribution >= 4 is 34.2 Å². The fourth-order valence-electron chi connectivity index (χ4n) is 2.51. The summed E-state index contributed by atoms with van der Waals surface area (Å²) < 4.78 is 1.95. The van der Waals surface area contributed by atoms with Crippen LogP contribution in [-0.2, 0) is 0 Å². The minimum atomic E-state index is -0.189. The fourth-order valence-corrected chi connectivity index (χ4v) is 2.72. The highest BCUT2D eigenvalue weighted by Gasteiger charge is 2.28. The zero-order chi connectivity index (χ0) is 14.4. The van der Waals surface area contributed by atoms with Crippen LogP contribution in [0.5, 0.6) is 0 Å². The first-order chi connectivity index (χ1) is 10.2. The normalized spacial score (nSPS) is 14.5. The molecule has 0 aliphatic heterocycles. The van der Waals surface area contributed by atoms with Crippen molar-refractivity contribution in [2.75, 3.05) is 5.32 Å². The van der Waals surface area contributed by atoms with Crippen molar-refractivity contribution in [2.45, 2.75) is 18.9 Å². The summed E-state index contributed by atoms with van der Waals surface area (Å²) in [6.45, 7) is 0. The molecule has 1 saturated carbocycles. The number of carbonyl (C=O) groups is 1. The molecular formula is C15H13ClN4O. The van der Waals surface area contributed by atoms with Crippen LogP contribution < -0.4 is 5.32 Å². The number of rotatable bonds is 3. The monoisotopic (exact) mass is 300 g/mol. The fraction of sp³-hybridized carbons (Fsp3) is 0.200. The van der Waals surface area contributed by atoms with E-state index in [1.165, 1.54) is 0 Å². The van der Waals surface area contributed by atoms with E-state index in [9.17, 15) is 4.79 Å². The van der Waals surface area contributed by atoms with Gasteiger partial charge in [-0.1, -0.05) is 23.7 Å². The lowest BCUT2D eigenvalue weighted by atomic mass is 10.2.